The van der Waals surface area contributed by atoms with Gasteiger partial charge in [0.25, 0.3) is 5.91 Å². The van der Waals surface area contributed by atoms with E-state index in [9.17, 15) is 4.79 Å². The van der Waals surface area contributed by atoms with Gasteiger partial charge in [-0.15, -0.1) is 0 Å². The minimum Gasteiger partial charge on any atom is -0.338 e. The van der Waals surface area contributed by atoms with E-state index in [1.807, 2.05) is 17.0 Å². The van der Waals surface area contributed by atoms with Crippen LogP contribution in [0.4, 0.5) is 0 Å². The Balaban J connectivity index is 1.77. The maximum Gasteiger partial charge on any atom is 0.253 e. The quantitative estimate of drug-likeness (QED) is 0.801. The van der Waals surface area contributed by atoms with Crippen LogP contribution in [0.5, 0.6) is 0 Å². The molecule has 1 amide bonds. The lowest BCUT2D eigenvalue weighted by Crippen LogP contribution is -2.34. The number of carbonyl (C=O) groups is 1. The zero-order valence-electron chi connectivity index (χ0n) is 13.4. The van der Waals surface area contributed by atoms with Gasteiger partial charge in [-0.1, -0.05) is 30.2 Å². The summed E-state index contributed by atoms with van der Waals surface area (Å²) in [5, 5.41) is 9.61. The van der Waals surface area contributed by atoms with Gasteiger partial charge in [0.05, 0.1) is 11.6 Å². The van der Waals surface area contributed by atoms with E-state index in [4.69, 9.17) is 16.9 Å². The fourth-order valence-corrected chi connectivity index (χ4v) is 3.33. The van der Waals surface area contributed by atoms with Gasteiger partial charge in [0.2, 0.25) is 0 Å². The summed E-state index contributed by atoms with van der Waals surface area (Å²) in [4.78, 5) is 14.7. The maximum atomic E-state index is 12.8. The second-order valence-corrected chi connectivity index (χ2v) is 6.62. The smallest absolute Gasteiger partial charge is 0.253 e. The molecule has 2 aromatic rings. The van der Waals surface area contributed by atoms with E-state index in [-0.39, 0.29) is 5.91 Å². The largest absolute Gasteiger partial charge is 0.338 e. The van der Waals surface area contributed by atoms with Crippen LogP contribution in [0, 0.1) is 11.3 Å². The molecule has 0 aliphatic carbocycles. The molecule has 1 saturated heterocycles. The van der Waals surface area contributed by atoms with Gasteiger partial charge in [-0.05, 0) is 54.8 Å². The molecule has 0 spiro atoms. The molecule has 3 nitrogen and oxygen atoms in total. The molecule has 0 N–H and O–H groups in total. The van der Waals surface area contributed by atoms with Gasteiger partial charge in [-0.2, -0.15) is 5.26 Å². The summed E-state index contributed by atoms with van der Waals surface area (Å²) in [6.45, 7) is 1.50. The van der Waals surface area contributed by atoms with Crippen LogP contribution >= 0.6 is 11.6 Å². The first-order chi connectivity index (χ1) is 11.7. The highest BCUT2D eigenvalue weighted by Gasteiger charge is 2.24. The molecule has 3 rings (SSSR count). The first-order valence-electron chi connectivity index (χ1n) is 8.22. The van der Waals surface area contributed by atoms with Crippen LogP contribution < -0.4 is 0 Å². The van der Waals surface area contributed by atoms with E-state index in [1.165, 1.54) is 5.56 Å². The van der Waals surface area contributed by atoms with Gasteiger partial charge >= 0.3 is 0 Å². The van der Waals surface area contributed by atoms with E-state index < -0.39 is 0 Å². The third kappa shape index (κ3) is 3.77. The number of hydrogen-bond donors (Lipinski definition) is 0. The van der Waals surface area contributed by atoms with Gasteiger partial charge in [-0.3, -0.25) is 4.79 Å². The first kappa shape index (κ1) is 16.5. The lowest BCUT2D eigenvalue weighted by atomic mass is 9.94. The second-order valence-electron chi connectivity index (χ2n) is 6.18. The highest BCUT2D eigenvalue weighted by atomic mass is 35.5. The van der Waals surface area contributed by atoms with E-state index in [1.54, 1.807) is 24.3 Å². The van der Waals surface area contributed by atoms with E-state index in [0.717, 1.165) is 37.4 Å². The van der Waals surface area contributed by atoms with Crippen LogP contribution in [0.25, 0.3) is 0 Å². The number of likely N-dealkylation sites (tertiary alicyclic amines) is 1. The number of amides is 1. The number of hydrogen-bond acceptors (Lipinski definition) is 2. The number of halogens is 1. The second kappa shape index (κ2) is 7.51. The molecule has 2 aromatic carbocycles. The molecular formula is C20H19ClN2O. The van der Waals surface area contributed by atoms with Crippen LogP contribution in [-0.2, 0) is 0 Å². The van der Waals surface area contributed by atoms with Gasteiger partial charge in [-0.25, -0.2) is 0 Å². The molecule has 1 fully saturated rings. The van der Waals surface area contributed by atoms with Crippen LogP contribution in [0.2, 0.25) is 5.02 Å². The summed E-state index contributed by atoms with van der Waals surface area (Å²) >= 11 is 5.98. The molecule has 4 heteroatoms. The van der Waals surface area contributed by atoms with Gasteiger partial charge in [0.1, 0.15) is 0 Å². The Hall–Kier alpha value is -2.31. The van der Waals surface area contributed by atoms with Crippen molar-refractivity contribution in [1.82, 2.24) is 4.90 Å². The SMILES string of the molecule is N#Cc1ccc(C(=O)N2CCCC[C@@H](c3ccc(Cl)cc3)C2)cc1. The Morgan fingerprint density at radius 2 is 1.79 bits per heavy atom. The number of benzene rings is 2. The van der Waals surface area contributed by atoms with Crippen molar-refractivity contribution in [2.75, 3.05) is 13.1 Å². The monoisotopic (exact) mass is 338 g/mol. The van der Waals surface area contributed by atoms with E-state index in [2.05, 4.69) is 18.2 Å². The Morgan fingerprint density at radius 3 is 2.46 bits per heavy atom. The average Bonchev–Trinajstić information content (AvgIpc) is 2.88. The fraction of sp³-hybridized carbons (Fsp3) is 0.300. The number of carbonyl (C=O) groups excluding carboxylic acids is 1. The molecule has 0 bridgehead atoms. The number of nitriles is 1. The minimum atomic E-state index is 0.0420. The van der Waals surface area contributed by atoms with Crippen molar-refractivity contribution < 1.29 is 4.79 Å². The molecular weight excluding hydrogens is 320 g/mol. The van der Waals surface area contributed by atoms with Gasteiger partial charge in [0.15, 0.2) is 0 Å². The van der Waals surface area contributed by atoms with Crippen LogP contribution in [0.3, 0.4) is 0 Å². The fourth-order valence-electron chi connectivity index (χ4n) is 3.20. The molecule has 1 heterocycles. The summed E-state index contributed by atoms with van der Waals surface area (Å²) in [6.07, 6.45) is 3.22. The van der Waals surface area contributed by atoms with Crippen molar-refractivity contribution >= 4 is 17.5 Å². The Bertz CT molecular complexity index is 747. The maximum absolute atomic E-state index is 12.8. The Kier molecular flexibility index (Phi) is 5.17. The zero-order chi connectivity index (χ0) is 16.9. The predicted octanol–water partition coefficient (Wildman–Crippen LogP) is 4.62. The van der Waals surface area contributed by atoms with Crippen molar-refractivity contribution in [3.05, 3.63) is 70.2 Å². The summed E-state index contributed by atoms with van der Waals surface area (Å²) < 4.78 is 0. The normalized spacial score (nSPS) is 17.8. The van der Waals surface area contributed by atoms with Crippen molar-refractivity contribution in [2.24, 2.45) is 0 Å². The molecule has 24 heavy (non-hydrogen) atoms. The standard InChI is InChI=1S/C20H19ClN2O/c21-19-10-8-16(9-11-19)18-3-1-2-12-23(14-18)20(24)17-6-4-15(13-22)5-7-17/h4-11,18H,1-3,12,14H2/t18-/m1/s1. The molecule has 1 aliphatic heterocycles. The number of rotatable bonds is 2. The van der Waals surface area contributed by atoms with Crippen LogP contribution in [-0.4, -0.2) is 23.9 Å². The average molecular weight is 339 g/mol. The van der Waals surface area contributed by atoms with Crippen molar-refractivity contribution in [3.63, 3.8) is 0 Å². The summed E-state index contributed by atoms with van der Waals surface area (Å²) in [5.41, 5.74) is 2.45. The van der Waals surface area contributed by atoms with Crippen molar-refractivity contribution in [1.29, 1.82) is 5.26 Å². The van der Waals surface area contributed by atoms with Crippen LogP contribution in [0.15, 0.2) is 48.5 Å². The van der Waals surface area contributed by atoms with Crippen molar-refractivity contribution in [2.45, 2.75) is 25.2 Å². The summed E-state index contributed by atoms with van der Waals surface area (Å²) in [7, 11) is 0. The molecule has 1 atom stereocenters. The Morgan fingerprint density at radius 1 is 1.08 bits per heavy atom. The molecule has 0 unspecified atom stereocenters. The van der Waals surface area contributed by atoms with E-state index >= 15 is 0 Å². The Labute approximate surface area is 147 Å². The zero-order valence-corrected chi connectivity index (χ0v) is 14.2. The van der Waals surface area contributed by atoms with Crippen LogP contribution in [0.1, 0.15) is 46.7 Å². The highest BCUT2D eigenvalue weighted by molar-refractivity contribution is 6.30. The van der Waals surface area contributed by atoms with Crippen molar-refractivity contribution in [3.8, 4) is 6.07 Å². The lowest BCUT2D eigenvalue weighted by Gasteiger charge is -2.25. The molecule has 0 aromatic heterocycles. The van der Waals surface area contributed by atoms with Gasteiger partial charge < -0.3 is 4.90 Å². The number of nitrogens with zero attached hydrogens (tertiary/aromatic N) is 2. The lowest BCUT2D eigenvalue weighted by molar-refractivity contribution is 0.0754. The summed E-state index contributed by atoms with van der Waals surface area (Å²) in [5.74, 6) is 0.382. The molecule has 122 valence electrons. The molecule has 0 saturated carbocycles. The van der Waals surface area contributed by atoms with E-state index in [0.29, 0.717) is 17.0 Å². The topological polar surface area (TPSA) is 44.1 Å². The third-order valence-corrected chi connectivity index (χ3v) is 4.81. The highest BCUT2D eigenvalue weighted by Crippen LogP contribution is 2.28. The predicted molar refractivity (Wildman–Crippen MR) is 95.1 cm³/mol. The first-order valence-corrected chi connectivity index (χ1v) is 8.60. The third-order valence-electron chi connectivity index (χ3n) is 4.56. The van der Waals surface area contributed by atoms with Gasteiger partial charge in [0, 0.05) is 29.6 Å². The summed E-state index contributed by atoms with van der Waals surface area (Å²) in [6, 6.07) is 16.9. The molecule has 0 radical (unpaired) electrons. The minimum absolute atomic E-state index is 0.0420. The molecule has 1 aliphatic rings.